The van der Waals surface area contributed by atoms with Crippen LogP contribution in [0.1, 0.15) is 44.9 Å². The number of halogens is 3. The van der Waals surface area contributed by atoms with E-state index in [4.69, 9.17) is 32.4 Å². The van der Waals surface area contributed by atoms with Crippen molar-refractivity contribution in [1.82, 2.24) is 4.98 Å². The third-order valence-electron chi connectivity index (χ3n) is 4.90. The summed E-state index contributed by atoms with van der Waals surface area (Å²) in [5.41, 5.74) is 13.1. The van der Waals surface area contributed by atoms with E-state index in [1.165, 1.54) is 25.1 Å². The summed E-state index contributed by atoms with van der Waals surface area (Å²) in [7, 11) is 0. The van der Waals surface area contributed by atoms with E-state index in [2.05, 4.69) is 15.3 Å². The molecule has 0 aliphatic heterocycles. The molecule has 13 heteroatoms. The Morgan fingerprint density at radius 2 is 1.95 bits per heavy atom. The van der Waals surface area contributed by atoms with Crippen LogP contribution in [0.5, 0.6) is 0 Å². The van der Waals surface area contributed by atoms with Crippen molar-refractivity contribution in [2.45, 2.75) is 39.8 Å². The molecule has 2 aromatic rings. The Hall–Kier alpha value is -4.55. The summed E-state index contributed by atoms with van der Waals surface area (Å²) in [6.07, 6.45) is 0.368. The minimum absolute atomic E-state index is 0.121. The number of allylic oxidation sites excluding steroid dienone is 1. The van der Waals surface area contributed by atoms with Gasteiger partial charge in [0.05, 0.1) is 17.2 Å². The van der Waals surface area contributed by atoms with Gasteiger partial charge in [-0.2, -0.15) is 18.2 Å². The van der Waals surface area contributed by atoms with Crippen LogP contribution in [0.3, 0.4) is 0 Å². The molecule has 1 unspecified atom stereocenters. The minimum atomic E-state index is -3.99. The van der Waals surface area contributed by atoms with Crippen LogP contribution in [-0.2, 0) is 9.53 Å². The number of benzene rings is 1. The van der Waals surface area contributed by atoms with Gasteiger partial charge in [-0.25, -0.2) is 4.98 Å². The predicted octanol–water partition coefficient (Wildman–Crippen LogP) is 5.17. The summed E-state index contributed by atoms with van der Waals surface area (Å²) >= 11 is 0. The fourth-order valence-electron chi connectivity index (χ4n) is 2.76. The van der Waals surface area contributed by atoms with Crippen molar-refractivity contribution in [2.75, 3.05) is 11.1 Å². The number of amides is 1. The zero-order valence-corrected chi connectivity index (χ0v) is 21.2. The molecular weight excluding hydrogens is 501 g/mol. The number of nitrogens with two attached hydrogens (primary N) is 2. The number of hydrogen-bond donors (Lipinski definition) is 6. The number of amidine groups is 1. The second-order valence-electron chi connectivity index (χ2n) is 7.82. The van der Waals surface area contributed by atoms with Crippen molar-refractivity contribution in [3.05, 3.63) is 59.3 Å². The van der Waals surface area contributed by atoms with Gasteiger partial charge in [0.15, 0.2) is 0 Å². The summed E-state index contributed by atoms with van der Waals surface area (Å²) in [6.45, 7) is 4.60. The lowest BCUT2D eigenvalue weighted by Crippen LogP contribution is -2.22. The number of anilines is 2. The zero-order valence-electron chi connectivity index (χ0n) is 21.2. The van der Waals surface area contributed by atoms with Gasteiger partial charge in [-0.3, -0.25) is 10.2 Å². The van der Waals surface area contributed by atoms with E-state index in [-0.39, 0.29) is 35.4 Å². The van der Waals surface area contributed by atoms with Gasteiger partial charge >= 0.3 is 6.18 Å². The lowest BCUT2D eigenvalue weighted by atomic mass is 10.1. The molecule has 0 saturated heterocycles. The van der Waals surface area contributed by atoms with Gasteiger partial charge in [0.2, 0.25) is 5.90 Å². The highest BCUT2D eigenvalue weighted by Gasteiger charge is 2.34. The topological polar surface area (TPSA) is 187 Å². The van der Waals surface area contributed by atoms with E-state index in [9.17, 15) is 18.0 Å². The van der Waals surface area contributed by atoms with Gasteiger partial charge in [0.1, 0.15) is 11.5 Å². The molecule has 0 saturated carbocycles. The van der Waals surface area contributed by atoms with Crippen molar-refractivity contribution in [3.63, 3.8) is 0 Å². The van der Waals surface area contributed by atoms with Gasteiger partial charge in [-0.1, -0.05) is 32.4 Å². The number of nitrogen functional groups attached to an aromatic ring is 1. The van der Waals surface area contributed by atoms with Crippen molar-refractivity contribution in [1.29, 1.82) is 16.2 Å². The Kier molecular flexibility index (Phi) is 12.3. The quantitative estimate of drug-likeness (QED) is 0.118. The summed E-state index contributed by atoms with van der Waals surface area (Å²) in [4.78, 5) is 20.1. The average Bonchev–Trinajstić information content (AvgIpc) is 2.86. The smallest absolute Gasteiger partial charge is 0.391 e. The first-order valence-electron chi connectivity index (χ1n) is 11.4. The molecule has 1 amide bonds. The van der Waals surface area contributed by atoms with Crippen LogP contribution in [-0.4, -0.2) is 41.4 Å². The lowest BCUT2D eigenvalue weighted by molar-refractivity contribution is -0.171. The number of carbonyl (C=O) groups is 1. The molecule has 1 aromatic carbocycles. The summed E-state index contributed by atoms with van der Waals surface area (Å²) in [6, 6.07) is 9.06. The third kappa shape index (κ3) is 10.2. The fraction of sp³-hybridized carbons (Fsp3) is 0.280. The predicted molar refractivity (Wildman–Crippen MR) is 143 cm³/mol. The van der Waals surface area contributed by atoms with Crippen molar-refractivity contribution >= 4 is 47.4 Å². The average molecular weight is 533 g/mol. The minimum Gasteiger partial charge on any atom is -0.405 e. The lowest BCUT2D eigenvalue weighted by Gasteiger charge is -2.13. The normalized spacial score (nSPS) is 12.5. The van der Waals surface area contributed by atoms with Crippen LogP contribution >= 0.6 is 0 Å². The maximum Gasteiger partial charge on any atom is 0.391 e. The van der Waals surface area contributed by atoms with Gasteiger partial charge in [-0.15, -0.1) is 0 Å². The molecule has 0 fully saturated rings. The third-order valence-corrected chi connectivity index (χ3v) is 4.90. The first-order valence-corrected chi connectivity index (χ1v) is 11.4. The van der Waals surface area contributed by atoms with Gasteiger partial charge in [-0.05, 0) is 43.7 Å². The molecule has 0 aliphatic carbocycles. The largest absolute Gasteiger partial charge is 0.405 e. The summed E-state index contributed by atoms with van der Waals surface area (Å²) < 4.78 is 40.1. The van der Waals surface area contributed by atoms with Crippen LogP contribution in [0.4, 0.5) is 30.4 Å². The first kappa shape index (κ1) is 31.5. The molecule has 1 aromatic heterocycles. The number of hydrogen-bond acceptors (Lipinski definition) is 8. The second-order valence-corrected chi connectivity index (χ2v) is 7.82. The van der Waals surface area contributed by atoms with E-state index in [1.807, 2.05) is 0 Å². The monoisotopic (exact) mass is 532 g/mol. The van der Waals surface area contributed by atoms with Crippen LogP contribution < -0.4 is 16.8 Å². The number of aliphatic imine (C=N–C) groups is 1. The van der Waals surface area contributed by atoms with Crippen LogP contribution in [0.2, 0.25) is 0 Å². The number of nitrogens with zero attached hydrogens (tertiary/aromatic N) is 2. The van der Waals surface area contributed by atoms with Crippen molar-refractivity contribution in [2.24, 2.45) is 16.6 Å². The van der Waals surface area contributed by atoms with E-state index in [1.54, 1.807) is 38.1 Å². The second kappa shape index (κ2) is 14.9. The SMILES string of the molecule is C/C=C(\C=N)C(=O)Nc1cccc(C(=N)OC(N)=Nc2ccc(N)c(C=N)c2)n1.CCCC(C)C(F)(F)F. The van der Waals surface area contributed by atoms with Crippen LogP contribution in [0, 0.1) is 22.1 Å². The molecule has 204 valence electrons. The van der Waals surface area contributed by atoms with E-state index in [0.29, 0.717) is 23.4 Å². The Balaban J connectivity index is 0.000000686. The number of rotatable bonds is 8. The molecule has 38 heavy (non-hydrogen) atoms. The van der Waals surface area contributed by atoms with Gasteiger partial charge in [0.25, 0.3) is 11.9 Å². The number of alkyl halides is 3. The molecular formula is C25H31F3N8O2. The van der Waals surface area contributed by atoms with Crippen LogP contribution in [0.15, 0.2) is 53.0 Å². The number of pyridine rings is 1. The molecule has 10 nitrogen and oxygen atoms in total. The first-order chi connectivity index (χ1) is 17.9. The standard InChI is InChI=1S/C19H20N8O2.C6H11F3/c1-2-11(9-20)18(28)27-16-5-3-4-15(26-16)17(23)29-19(24)25-13-6-7-14(22)12(8-13)10-21;1-3-4-5(2)6(7,8)9/h2-10,20-21,23H,22H2,1H3,(H2,24,25)(H,26,27,28);5H,3-4H2,1-2H3/b11-2+,20-9?,21-10?,23-17?;. The molecule has 0 spiro atoms. The maximum absolute atomic E-state index is 12.0. The Labute approximate surface area is 218 Å². The molecule has 2 rings (SSSR count). The van der Waals surface area contributed by atoms with Gasteiger partial charge < -0.3 is 32.3 Å². The number of nitrogens with one attached hydrogen (secondary N) is 4. The van der Waals surface area contributed by atoms with E-state index >= 15 is 0 Å². The highest BCUT2D eigenvalue weighted by molar-refractivity contribution is 6.16. The van der Waals surface area contributed by atoms with Crippen molar-refractivity contribution < 1.29 is 22.7 Å². The maximum atomic E-state index is 12.0. The van der Waals surface area contributed by atoms with E-state index < -0.39 is 18.0 Å². The zero-order chi connectivity index (χ0) is 28.9. The Morgan fingerprint density at radius 1 is 1.26 bits per heavy atom. The molecule has 1 heterocycles. The van der Waals surface area contributed by atoms with Gasteiger partial charge in [0, 0.05) is 23.7 Å². The Morgan fingerprint density at radius 3 is 2.47 bits per heavy atom. The molecule has 0 aliphatic rings. The van der Waals surface area contributed by atoms with Crippen LogP contribution in [0.25, 0.3) is 0 Å². The molecule has 8 N–H and O–H groups in total. The summed E-state index contributed by atoms with van der Waals surface area (Å²) in [5.74, 6) is -1.82. The molecule has 1 atom stereocenters. The summed E-state index contributed by atoms with van der Waals surface area (Å²) in [5, 5.41) is 25.0. The van der Waals surface area contributed by atoms with E-state index in [0.717, 1.165) is 12.4 Å². The molecule has 0 bridgehead atoms. The molecule has 0 radical (unpaired) electrons. The number of carbonyl (C=O) groups excluding carboxylic acids is 1. The highest BCUT2D eigenvalue weighted by atomic mass is 19.4. The Bertz CT molecular complexity index is 1210. The van der Waals surface area contributed by atoms with Crippen molar-refractivity contribution in [3.8, 4) is 0 Å². The fourth-order valence-corrected chi connectivity index (χ4v) is 2.76. The highest BCUT2D eigenvalue weighted by Crippen LogP contribution is 2.28. The number of ether oxygens (including phenoxy) is 1. The number of aromatic nitrogens is 1.